The highest BCUT2D eigenvalue weighted by Crippen LogP contribution is 2.29. The zero-order chi connectivity index (χ0) is 7.72. The second-order valence-corrected chi connectivity index (χ2v) is 3.95. The first-order chi connectivity index (χ1) is 4.61. The van der Waals surface area contributed by atoms with Crippen molar-refractivity contribution in [1.82, 2.24) is 5.32 Å². The number of carbonyl (C=O) groups is 1. The zero-order valence-corrected chi connectivity index (χ0v) is 7.21. The van der Waals surface area contributed by atoms with Crippen molar-refractivity contribution in [3.8, 4) is 0 Å². The average molecular weight is 157 g/mol. The van der Waals surface area contributed by atoms with Crippen molar-refractivity contribution in [3.63, 3.8) is 0 Å². The highest BCUT2D eigenvalue weighted by molar-refractivity contribution is 8.03. The fraction of sp³-hybridized carbons (Fsp3) is 0.571. The van der Waals surface area contributed by atoms with Crippen LogP contribution < -0.4 is 5.32 Å². The summed E-state index contributed by atoms with van der Waals surface area (Å²) in [6.07, 6.45) is 0. The second kappa shape index (κ2) is 2.66. The predicted octanol–water partition coefficient (Wildman–Crippen LogP) is 1.49. The number of thioether (sulfide) groups is 1. The van der Waals surface area contributed by atoms with E-state index in [-0.39, 0.29) is 5.78 Å². The predicted molar refractivity (Wildman–Crippen MR) is 43.6 cm³/mol. The van der Waals surface area contributed by atoms with Crippen molar-refractivity contribution in [2.75, 3.05) is 0 Å². The molecule has 3 heteroatoms. The third-order valence-electron chi connectivity index (χ3n) is 1.41. The van der Waals surface area contributed by atoms with Gasteiger partial charge in [-0.25, -0.2) is 0 Å². The molecule has 1 N–H and O–H groups in total. The van der Waals surface area contributed by atoms with Gasteiger partial charge in [-0.05, 0) is 13.8 Å². The van der Waals surface area contributed by atoms with Crippen molar-refractivity contribution in [2.24, 2.45) is 0 Å². The van der Waals surface area contributed by atoms with Gasteiger partial charge in [0.25, 0.3) is 0 Å². The molecule has 0 aromatic carbocycles. The monoisotopic (exact) mass is 157 g/mol. The Morgan fingerprint density at radius 2 is 2.30 bits per heavy atom. The zero-order valence-electron chi connectivity index (χ0n) is 6.39. The molecule has 0 saturated heterocycles. The Kier molecular flexibility index (Phi) is 2.04. The molecular formula is C7H11NOS. The topological polar surface area (TPSA) is 29.1 Å². The Morgan fingerprint density at radius 1 is 1.70 bits per heavy atom. The lowest BCUT2D eigenvalue weighted by molar-refractivity contribution is -0.113. The molecule has 56 valence electrons. The Morgan fingerprint density at radius 3 is 2.50 bits per heavy atom. The van der Waals surface area contributed by atoms with Gasteiger partial charge in [-0.2, -0.15) is 0 Å². The van der Waals surface area contributed by atoms with Crippen molar-refractivity contribution < 1.29 is 4.79 Å². The largest absolute Gasteiger partial charge is 0.370 e. The summed E-state index contributed by atoms with van der Waals surface area (Å²) >= 11 is 1.70. The van der Waals surface area contributed by atoms with Gasteiger partial charge in [0.1, 0.15) is 0 Å². The van der Waals surface area contributed by atoms with Gasteiger partial charge >= 0.3 is 0 Å². The summed E-state index contributed by atoms with van der Waals surface area (Å²) in [6.45, 7) is 5.60. The molecule has 1 aliphatic rings. The number of hydrogen-bond acceptors (Lipinski definition) is 3. The lowest BCUT2D eigenvalue weighted by atomic mass is 10.3. The number of carbonyl (C=O) groups excluding carboxylic acids is 1. The summed E-state index contributed by atoms with van der Waals surface area (Å²) in [7, 11) is 0. The molecule has 1 rings (SSSR count). The van der Waals surface area contributed by atoms with Crippen LogP contribution in [0.2, 0.25) is 0 Å². The summed E-state index contributed by atoms with van der Waals surface area (Å²) in [5.74, 6) is 0.134. The molecule has 1 atom stereocenters. The smallest absolute Gasteiger partial charge is 0.176 e. The minimum atomic E-state index is 0.134. The van der Waals surface area contributed by atoms with Gasteiger partial charge < -0.3 is 5.32 Å². The number of Topliss-reactive ketones (excluding diaryl/α,β-unsaturated/α-hetero) is 1. The van der Waals surface area contributed by atoms with Crippen LogP contribution in [-0.2, 0) is 4.79 Å². The van der Waals surface area contributed by atoms with Crippen LogP contribution in [-0.4, -0.2) is 11.2 Å². The maximum absolute atomic E-state index is 10.9. The maximum atomic E-state index is 10.9. The van der Waals surface area contributed by atoms with Gasteiger partial charge in [-0.3, -0.25) is 4.79 Å². The molecule has 0 amide bonds. The Balaban J connectivity index is 2.76. The molecule has 1 heterocycles. The van der Waals surface area contributed by atoms with Gasteiger partial charge in [0, 0.05) is 11.8 Å². The van der Waals surface area contributed by atoms with Crippen molar-refractivity contribution in [3.05, 3.63) is 10.6 Å². The van der Waals surface area contributed by atoms with E-state index in [4.69, 9.17) is 0 Å². The van der Waals surface area contributed by atoms with Crippen LogP contribution in [0.15, 0.2) is 10.6 Å². The quantitative estimate of drug-likeness (QED) is 0.625. The van der Waals surface area contributed by atoms with Crippen LogP contribution in [0.25, 0.3) is 0 Å². The fourth-order valence-electron chi connectivity index (χ4n) is 1.01. The van der Waals surface area contributed by atoms with E-state index in [2.05, 4.69) is 5.32 Å². The Labute approximate surface area is 65.1 Å². The van der Waals surface area contributed by atoms with Crippen molar-refractivity contribution in [2.45, 2.75) is 26.1 Å². The first-order valence-electron chi connectivity index (χ1n) is 3.26. The second-order valence-electron chi connectivity index (χ2n) is 2.39. The van der Waals surface area contributed by atoms with Crippen LogP contribution in [0.3, 0.4) is 0 Å². The van der Waals surface area contributed by atoms with E-state index in [0.717, 1.165) is 10.6 Å². The molecule has 2 nitrogen and oxygen atoms in total. The molecule has 0 bridgehead atoms. The number of hydrogen-bond donors (Lipinski definition) is 1. The van der Waals surface area contributed by atoms with Crippen molar-refractivity contribution >= 4 is 17.5 Å². The van der Waals surface area contributed by atoms with Crippen LogP contribution in [0.5, 0.6) is 0 Å². The third kappa shape index (κ3) is 1.34. The number of nitrogens with one attached hydrogen (secondary N) is 1. The van der Waals surface area contributed by atoms with Gasteiger partial charge in [0.05, 0.1) is 11.1 Å². The van der Waals surface area contributed by atoms with Crippen LogP contribution >= 0.6 is 11.8 Å². The standard InChI is InChI=1S/C7H11NOS/c1-4(9)7-5(2)10-6(3)8-7/h6,8H,1-3H3. The molecule has 0 aromatic heterocycles. The lowest BCUT2D eigenvalue weighted by Crippen LogP contribution is -2.20. The summed E-state index contributed by atoms with van der Waals surface area (Å²) in [5, 5.41) is 3.46. The molecule has 0 aromatic rings. The maximum Gasteiger partial charge on any atom is 0.176 e. The van der Waals surface area contributed by atoms with E-state index in [1.54, 1.807) is 18.7 Å². The molecule has 1 aliphatic heterocycles. The molecule has 0 saturated carbocycles. The summed E-state index contributed by atoms with van der Waals surface area (Å²) in [6, 6.07) is 0. The van der Waals surface area contributed by atoms with Gasteiger partial charge in [-0.15, -0.1) is 11.8 Å². The average Bonchev–Trinajstić information content (AvgIpc) is 2.10. The molecule has 0 radical (unpaired) electrons. The van der Waals surface area contributed by atoms with E-state index in [9.17, 15) is 4.79 Å². The van der Waals surface area contributed by atoms with Gasteiger partial charge in [-0.1, -0.05) is 0 Å². The Bertz CT molecular complexity index is 198. The molecule has 10 heavy (non-hydrogen) atoms. The Hall–Kier alpha value is -0.440. The molecule has 0 aliphatic carbocycles. The molecule has 0 fully saturated rings. The van der Waals surface area contributed by atoms with Crippen LogP contribution in [0.4, 0.5) is 0 Å². The third-order valence-corrected chi connectivity index (χ3v) is 2.43. The summed E-state index contributed by atoms with van der Waals surface area (Å²) < 4.78 is 0. The lowest BCUT2D eigenvalue weighted by Gasteiger charge is -2.02. The number of ketones is 1. The van der Waals surface area contributed by atoms with E-state index in [1.165, 1.54) is 0 Å². The molecule has 1 unspecified atom stereocenters. The highest BCUT2D eigenvalue weighted by atomic mass is 32.2. The minimum Gasteiger partial charge on any atom is -0.370 e. The van der Waals surface area contributed by atoms with Crippen molar-refractivity contribution in [1.29, 1.82) is 0 Å². The first kappa shape index (κ1) is 7.66. The molecular weight excluding hydrogens is 146 g/mol. The van der Waals surface area contributed by atoms with E-state index in [1.807, 2.05) is 13.8 Å². The summed E-state index contributed by atoms with van der Waals surface area (Å²) in [4.78, 5) is 12.0. The summed E-state index contributed by atoms with van der Waals surface area (Å²) in [5.41, 5.74) is 0.789. The SMILES string of the molecule is CC(=O)C1=C(C)SC(C)N1. The van der Waals surface area contributed by atoms with Gasteiger partial charge in [0.15, 0.2) is 5.78 Å². The van der Waals surface area contributed by atoms with E-state index < -0.39 is 0 Å². The first-order valence-corrected chi connectivity index (χ1v) is 4.14. The normalized spacial score (nSPS) is 24.9. The fourth-order valence-corrected chi connectivity index (χ4v) is 2.04. The van der Waals surface area contributed by atoms with Crippen LogP contribution in [0.1, 0.15) is 20.8 Å². The minimum absolute atomic E-state index is 0.134. The molecule has 0 spiro atoms. The van der Waals surface area contributed by atoms with Gasteiger partial charge in [0.2, 0.25) is 0 Å². The number of rotatable bonds is 1. The van der Waals surface area contributed by atoms with E-state index >= 15 is 0 Å². The van der Waals surface area contributed by atoms with E-state index in [0.29, 0.717) is 5.37 Å². The highest BCUT2D eigenvalue weighted by Gasteiger charge is 2.19. The van der Waals surface area contributed by atoms with Crippen LogP contribution in [0, 0.1) is 0 Å². The number of allylic oxidation sites excluding steroid dienone is 2.